The molecule has 0 saturated carbocycles. The molecule has 1 aliphatic rings. The molecule has 1 aliphatic heterocycles. The molecule has 1 aromatic carbocycles. The van der Waals surface area contributed by atoms with Gasteiger partial charge in [0.15, 0.2) is 0 Å². The molecule has 3 nitrogen and oxygen atoms in total. The van der Waals surface area contributed by atoms with Gasteiger partial charge in [-0.2, -0.15) is 0 Å². The molecule has 0 atom stereocenters. The highest BCUT2D eigenvalue weighted by molar-refractivity contribution is 7.10. The highest BCUT2D eigenvalue weighted by Gasteiger charge is 2.17. The van der Waals surface area contributed by atoms with Gasteiger partial charge in [0.25, 0.3) is 0 Å². The van der Waals surface area contributed by atoms with Crippen molar-refractivity contribution in [3.05, 3.63) is 51.2 Å². The van der Waals surface area contributed by atoms with E-state index in [4.69, 9.17) is 11.6 Å². The molecular formula is C17H21ClN2OS. The summed E-state index contributed by atoms with van der Waals surface area (Å²) in [6.45, 7) is 3.61. The summed E-state index contributed by atoms with van der Waals surface area (Å²) in [6, 6.07) is 10.4. The average Bonchev–Trinajstić information content (AvgIpc) is 2.94. The number of aliphatic hydroxyl groups is 1. The van der Waals surface area contributed by atoms with Crippen molar-refractivity contribution in [2.75, 3.05) is 18.4 Å². The van der Waals surface area contributed by atoms with Crippen molar-refractivity contribution < 1.29 is 5.11 Å². The van der Waals surface area contributed by atoms with E-state index in [2.05, 4.69) is 34.5 Å². The number of para-hydroxylation sites is 1. The van der Waals surface area contributed by atoms with Gasteiger partial charge in [0.05, 0.1) is 17.7 Å². The third kappa shape index (κ3) is 4.02. The molecule has 0 radical (unpaired) electrons. The van der Waals surface area contributed by atoms with Crippen LogP contribution in [-0.4, -0.2) is 29.2 Å². The second kappa shape index (κ2) is 7.47. The first-order valence-electron chi connectivity index (χ1n) is 7.66. The summed E-state index contributed by atoms with van der Waals surface area (Å²) in [7, 11) is 0. The Labute approximate surface area is 140 Å². The van der Waals surface area contributed by atoms with Crippen LogP contribution in [0.3, 0.4) is 0 Å². The molecule has 2 N–H and O–H groups in total. The van der Waals surface area contributed by atoms with Crippen LogP contribution in [0.4, 0.5) is 5.69 Å². The molecule has 0 amide bonds. The van der Waals surface area contributed by atoms with Crippen LogP contribution in [0.15, 0.2) is 35.7 Å². The molecule has 3 rings (SSSR count). The number of thiophene rings is 1. The van der Waals surface area contributed by atoms with Crippen LogP contribution in [0, 0.1) is 0 Å². The van der Waals surface area contributed by atoms with E-state index in [0.29, 0.717) is 0 Å². The predicted octanol–water partition coefficient (Wildman–Crippen LogP) is 3.97. The van der Waals surface area contributed by atoms with E-state index < -0.39 is 0 Å². The van der Waals surface area contributed by atoms with Gasteiger partial charge in [-0.1, -0.05) is 29.8 Å². The lowest BCUT2D eigenvalue weighted by Gasteiger charge is -2.30. The highest BCUT2D eigenvalue weighted by Crippen LogP contribution is 2.25. The molecule has 22 heavy (non-hydrogen) atoms. The maximum atomic E-state index is 9.61. The molecular weight excluding hydrogens is 316 g/mol. The number of hydrogen-bond acceptors (Lipinski definition) is 4. The number of benzene rings is 1. The van der Waals surface area contributed by atoms with Crippen LogP contribution in [-0.2, 0) is 13.1 Å². The number of halogens is 1. The van der Waals surface area contributed by atoms with Gasteiger partial charge in [-0.25, -0.2) is 0 Å². The second-order valence-electron chi connectivity index (χ2n) is 5.71. The van der Waals surface area contributed by atoms with Crippen LogP contribution < -0.4 is 5.32 Å². The summed E-state index contributed by atoms with van der Waals surface area (Å²) in [5, 5.41) is 16.0. The van der Waals surface area contributed by atoms with Crippen LogP contribution in [0.25, 0.3) is 0 Å². The number of aliphatic hydroxyl groups excluding tert-OH is 1. The van der Waals surface area contributed by atoms with Gasteiger partial charge < -0.3 is 10.4 Å². The summed E-state index contributed by atoms with van der Waals surface area (Å²) in [6.07, 6.45) is 1.63. The van der Waals surface area contributed by atoms with Crippen molar-refractivity contribution in [3.8, 4) is 0 Å². The Bertz CT molecular complexity index is 608. The zero-order valence-electron chi connectivity index (χ0n) is 12.5. The monoisotopic (exact) mass is 336 g/mol. The number of nitrogens with zero attached hydrogens (tertiary/aromatic N) is 1. The summed E-state index contributed by atoms with van der Waals surface area (Å²) >= 11 is 7.83. The first-order valence-corrected chi connectivity index (χ1v) is 8.92. The van der Waals surface area contributed by atoms with E-state index in [0.717, 1.165) is 54.6 Å². The Morgan fingerprint density at radius 2 is 2.00 bits per heavy atom. The zero-order valence-corrected chi connectivity index (χ0v) is 14.0. The number of likely N-dealkylation sites (tertiary alicyclic amines) is 1. The van der Waals surface area contributed by atoms with Crippen LogP contribution in [0.1, 0.15) is 23.3 Å². The number of piperidine rings is 1. The van der Waals surface area contributed by atoms with Crippen LogP contribution in [0.2, 0.25) is 5.02 Å². The lowest BCUT2D eigenvalue weighted by atomic mass is 10.1. The first-order chi connectivity index (χ1) is 10.7. The molecule has 1 fully saturated rings. The Morgan fingerprint density at radius 3 is 2.73 bits per heavy atom. The van der Waals surface area contributed by atoms with Gasteiger partial charge in [-0.05, 0) is 35.9 Å². The Kier molecular flexibility index (Phi) is 5.37. The summed E-state index contributed by atoms with van der Waals surface area (Å²) in [5.74, 6) is 0. The van der Waals surface area contributed by atoms with Gasteiger partial charge in [0, 0.05) is 30.2 Å². The van der Waals surface area contributed by atoms with Crippen molar-refractivity contribution in [3.63, 3.8) is 0 Å². The van der Waals surface area contributed by atoms with E-state index in [1.165, 1.54) is 5.56 Å². The predicted molar refractivity (Wildman–Crippen MR) is 93.6 cm³/mol. The number of anilines is 1. The van der Waals surface area contributed by atoms with Gasteiger partial charge in [0.2, 0.25) is 0 Å². The normalized spacial score (nSPS) is 16.8. The van der Waals surface area contributed by atoms with E-state index in [1.807, 2.05) is 11.4 Å². The number of rotatable bonds is 5. The van der Waals surface area contributed by atoms with Crippen molar-refractivity contribution >= 4 is 28.6 Å². The quantitative estimate of drug-likeness (QED) is 0.867. The topological polar surface area (TPSA) is 35.5 Å². The molecule has 0 spiro atoms. The molecule has 1 aromatic heterocycles. The molecule has 1 saturated heterocycles. The van der Waals surface area contributed by atoms with Gasteiger partial charge >= 0.3 is 0 Å². The zero-order chi connectivity index (χ0) is 15.4. The third-order valence-corrected chi connectivity index (χ3v) is 5.49. The molecule has 2 heterocycles. The standard InChI is InChI=1S/C17H21ClN2OS/c18-15-7-10-22-17(15)11-19-16-4-2-1-3-13(16)12-20-8-5-14(21)6-9-20/h1-4,7,10,14,19,21H,5-6,8-9,11-12H2. The molecule has 118 valence electrons. The van der Waals surface area contributed by atoms with E-state index >= 15 is 0 Å². The Balaban J connectivity index is 1.63. The maximum absolute atomic E-state index is 9.61. The van der Waals surface area contributed by atoms with Crippen LogP contribution >= 0.6 is 22.9 Å². The second-order valence-corrected chi connectivity index (χ2v) is 7.12. The fraction of sp³-hybridized carbons (Fsp3) is 0.412. The van der Waals surface area contributed by atoms with E-state index in [9.17, 15) is 5.11 Å². The number of hydrogen-bond donors (Lipinski definition) is 2. The molecule has 2 aromatic rings. The lowest BCUT2D eigenvalue weighted by molar-refractivity contribution is 0.0793. The highest BCUT2D eigenvalue weighted by atomic mass is 35.5. The average molecular weight is 337 g/mol. The van der Waals surface area contributed by atoms with E-state index in [-0.39, 0.29) is 6.10 Å². The summed E-state index contributed by atoms with van der Waals surface area (Å²) < 4.78 is 0. The fourth-order valence-electron chi connectivity index (χ4n) is 2.78. The Hall–Kier alpha value is -1.07. The minimum absolute atomic E-state index is 0.120. The van der Waals surface area contributed by atoms with Gasteiger partial charge in [-0.15, -0.1) is 11.3 Å². The van der Waals surface area contributed by atoms with Crippen LogP contribution in [0.5, 0.6) is 0 Å². The smallest absolute Gasteiger partial charge is 0.0564 e. The Morgan fingerprint density at radius 1 is 1.23 bits per heavy atom. The fourth-order valence-corrected chi connectivity index (χ4v) is 3.82. The van der Waals surface area contributed by atoms with Crippen molar-refractivity contribution in [2.45, 2.75) is 32.0 Å². The SMILES string of the molecule is OC1CCN(Cc2ccccc2NCc2sccc2Cl)CC1. The molecule has 0 aliphatic carbocycles. The summed E-state index contributed by atoms with van der Waals surface area (Å²) in [4.78, 5) is 3.57. The third-order valence-electron chi connectivity index (χ3n) is 4.10. The molecule has 0 bridgehead atoms. The van der Waals surface area contributed by atoms with Crippen molar-refractivity contribution in [2.24, 2.45) is 0 Å². The molecule has 5 heteroatoms. The molecule has 0 unspecified atom stereocenters. The lowest BCUT2D eigenvalue weighted by Crippen LogP contribution is -2.35. The first kappa shape index (κ1) is 15.8. The van der Waals surface area contributed by atoms with Crippen molar-refractivity contribution in [1.29, 1.82) is 0 Å². The minimum Gasteiger partial charge on any atom is -0.393 e. The number of nitrogens with one attached hydrogen (secondary N) is 1. The van der Waals surface area contributed by atoms with Gasteiger partial charge in [0.1, 0.15) is 0 Å². The summed E-state index contributed by atoms with van der Waals surface area (Å²) in [5.41, 5.74) is 2.46. The maximum Gasteiger partial charge on any atom is 0.0564 e. The minimum atomic E-state index is -0.120. The van der Waals surface area contributed by atoms with Gasteiger partial charge in [-0.3, -0.25) is 4.90 Å². The largest absolute Gasteiger partial charge is 0.393 e. The van der Waals surface area contributed by atoms with Crippen molar-refractivity contribution in [1.82, 2.24) is 4.90 Å². The van der Waals surface area contributed by atoms with E-state index in [1.54, 1.807) is 11.3 Å².